The van der Waals surface area contributed by atoms with E-state index in [2.05, 4.69) is 27.3 Å². The van der Waals surface area contributed by atoms with E-state index in [4.69, 9.17) is 4.74 Å². The highest BCUT2D eigenvalue weighted by atomic mass is 79.9. The molecule has 5 heteroatoms. The average Bonchev–Trinajstić information content (AvgIpc) is 2.36. The number of aliphatic hydroxyl groups is 1. The lowest BCUT2D eigenvalue weighted by Gasteiger charge is -2.30. The molecule has 1 aromatic carbocycles. The summed E-state index contributed by atoms with van der Waals surface area (Å²) >= 11 is 5.16. The molecule has 2 atom stereocenters. The molecule has 0 radical (unpaired) electrons. The van der Waals surface area contributed by atoms with Crippen LogP contribution in [0.2, 0.25) is 0 Å². The quantitative estimate of drug-likeness (QED) is 0.860. The number of ether oxygens (including phenoxy) is 1. The summed E-state index contributed by atoms with van der Waals surface area (Å²) in [4.78, 5) is 0. The van der Waals surface area contributed by atoms with Crippen LogP contribution in [-0.2, 0) is 0 Å². The van der Waals surface area contributed by atoms with Crippen LogP contribution in [0, 0.1) is 0 Å². The van der Waals surface area contributed by atoms with E-state index in [0.717, 1.165) is 29.0 Å². The fraction of sp³-hybridized carbons (Fsp3) is 0.571. The Kier molecular flexibility index (Phi) is 5.17. The van der Waals surface area contributed by atoms with Crippen molar-refractivity contribution in [1.82, 2.24) is 5.32 Å². The first-order valence-corrected chi connectivity index (χ1v) is 8.57. The zero-order valence-electron chi connectivity index (χ0n) is 11.3. The van der Waals surface area contributed by atoms with Crippen LogP contribution in [0.3, 0.4) is 0 Å². The Morgan fingerprint density at radius 2 is 2.37 bits per heavy atom. The topological polar surface area (TPSA) is 41.5 Å². The van der Waals surface area contributed by atoms with Crippen molar-refractivity contribution in [3.05, 3.63) is 28.2 Å². The van der Waals surface area contributed by atoms with E-state index in [9.17, 15) is 5.11 Å². The van der Waals surface area contributed by atoms with Gasteiger partial charge in [-0.25, -0.2) is 0 Å². The number of fused-ring (bicyclic) bond motifs is 1. The minimum Gasteiger partial charge on any atom is -0.493 e. The second-order valence-corrected chi connectivity index (χ2v) is 6.96. The van der Waals surface area contributed by atoms with Crippen LogP contribution in [-0.4, -0.2) is 35.9 Å². The van der Waals surface area contributed by atoms with Crippen molar-refractivity contribution in [3.8, 4) is 5.75 Å². The summed E-state index contributed by atoms with van der Waals surface area (Å²) in [5, 5.41) is 13.7. The molecule has 0 aliphatic carbocycles. The normalized spacial score (nSPS) is 21.4. The number of benzene rings is 1. The van der Waals surface area contributed by atoms with Crippen molar-refractivity contribution in [1.29, 1.82) is 0 Å². The van der Waals surface area contributed by atoms with E-state index < -0.39 is 5.60 Å². The largest absolute Gasteiger partial charge is 0.493 e. The number of nitrogens with one attached hydrogen (secondary N) is 1. The van der Waals surface area contributed by atoms with Gasteiger partial charge in [0.15, 0.2) is 0 Å². The van der Waals surface area contributed by atoms with Gasteiger partial charge in [0.05, 0.1) is 12.2 Å². The van der Waals surface area contributed by atoms with Crippen LogP contribution >= 0.6 is 27.7 Å². The van der Waals surface area contributed by atoms with Gasteiger partial charge < -0.3 is 15.2 Å². The van der Waals surface area contributed by atoms with E-state index in [1.165, 1.54) is 5.56 Å². The minimum absolute atomic E-state index is 0.245. The Labute approximate surface area is 127 Å². The van der Waals surface area contributed by atoms with Crippen molar-refractivity contribution in [3.63, 3.8) is 0 Å². The first-order chi connectivity index (χ1) is 9.02. The van der Waals surface area contributed by atoms with Gasteiger partial charge in [-0.1, -0.05) is 15.9 Å². The summed E-state index contributed by atoms with van der Waals surface area (Å²) in [5.74, 6) is 1.67. The van der Waals surface area contributed by atoms with Crippen LogP contribution in [0.25, 0.3) is 0 Å². The third-order valence-electron chi connectivity index (χ3n) is 3.20. The number of halogens is 1. The summed E-state index contributed by atoms with van der Waals surface area (Å²) in [5.41, 5.74) is 0.491. The number of hydrogen-bond acceptors (Lipinski definition) is 4. The summed E-state index contributed by atoms with van der Waals surface area (Å²) < 4.78 is 6.72. The van der Waals surface area contributed by atoms with Gasteiger partial charge >= 0.3 is 0 Å². The Hall–Kier alpha value is -0.230. The van der Waals surface area contributed by atoms with Gasteiger partial charge in [0.25, 0.3) is 0 Å². The molecule has 0 aromatic heterocycles. The molecule has 0 saturated heterocycles. The van der Waals surface area contributed by atoms with E-state index in [0.29, 0.717) is 6.54 Å². The zero-order chi connectivity index (χ0) is 13.9. The Morgan fingerprint density at radius 1 is 1.58 bits per heavy atom. The molecule has 0 bridgehead atoms. The van der Waals surface area contributed by atoms with E-state index >= 15 is 0 Å². The lowest BCUT2D eigenvalue weighted by Crippen LogP contribution is -2.42. The highest BCUT2D eigenvalue weighted by Gasteiger charge is 2.25. The highest BCUT2D eigenvalue weighted by Crippen LogP contribution is 2.34. The predicted octanol–water partition coefficient (Wildman–Crippen LogP) is 2.98. The van der Waals surface area contributed by atoms with Gasteiger partial charge in [-0.2, -0.15) is 11.8 Å². The second-order valence-electron chi connectivity index (χ2n) is 5.18. The first kappa shape index (κ1) is 15.2. The molecule has 1 aromatic rings. The van der Waals surface area contributed by atoms with E-state index in [1.54, 1.807) is 11.8 Å². The lowest BCUT2D eigenvalue weighted by molar-refractivity contribution is 0.0789. The van der Waals surface area contributed by atoms with Gasteiger partial charge in [0.2, 0.25) is 0 Å². The molecule has 2 rings (SSSR count). The molecule has 1 heterocycles. The Morgan fingerprint density at radius 3 is 3.11 bits per heavy atom. The van der Waals surface area contributed by atoms with Gasteiger partial charge in [-0.05, 0) is 31.4 Å². The highest BCUT2D eigenvalue weighted by molar-refractivity contribution is 9.10. The van der Waals surface area contributed by atoms with Crippen LogP contribution in [0.5, 0.6) is 5.75 Å². The molecule has 2 unspecified atom stereocenters. The maximum absolute atomic E-state index is 10.2. The molecule has 0 saturated carbocycles. The van der Waals surface area contributed by atoms with Crippen molar-refractivity contribution < 1.29 is 9.84 Å². The molecular weight excluding hydrogens is 326 g/mol. The molecule has 1 aliphatic rings. The number of hydrogen-bond donors (Lipinski definition) is 2. The third kappa shape index (κ3) is 4.12. The summed E-state index contributed by atoms with van der Waals surface area (Å²) in [6.07, 6.45) is 2.94. The summed E-state index contributed by atoms with van der Waals surface area (Å²) in [7, 11) is 0. The van der Waals surface area contributed by atoms with Crippen LogP contribution in [0.4, 0.5) is 0 Å². The molecule has 2 N–H and O–H groups in total. The molecule has 3 nitrogen and oxygen atoms in total. The van der Waals surface area contributed by atoms with E-state index in [-0.39, 0.29) is 6.04 Å². The SMILES string of the molecule is CSCC(C)(O)CNC1CCOc2ccc(Br)cc21. The van der Waals surface area contributed by atoms with Crippen molar-refractivity contribution in [2.75, 3.05) is 25.2 Å². The van der Waals surface area contributed by atoms with Crippen LogP contribution in [0.1, 0.15) is 24.9 Å². The monoisotopic (exact) mass is 345 g/mol. The Bertz CT molecular complexity index is 439. The summed E-state index contributed by atoms with van der Waals surface area (Å²) in [6, 6.07) is 6.32. The molecule has 0 spiro atoms. The van der Waals surface area contributed by atoms with Gasteiger partial charge in [0, 0.05) is 34.8 Å². The zero-order valence-corrected chi connectivity index (χ0v) is 13.7. The molecular formula is C14H20BrNO2S. The van der Waals surface area contributed by atoms with Crippen molar-refractivity contribution in [2.24, 2.45) is 0 Å². The molecule has 19 heavy (non-hydrogen) atoms. The number of rotatable bonds is 5. The standard InChI is InChI=1S/C14H20BrNO2S/c1-14(17,9-19-2)8-16-12-5-6-18-13-4-3-10(15)7-11(12)13/h3-4,7,12,16-17H,5-6,8-9H2,1-2H3. The smallest absolute Gasteiger partial charge is 0.124 e. The molecule has 1 aliphatic heterocycles. The first-order valence-electron chi connectivity index (χ1n) is 6.39. The average molecular weight is 346 g/mol. The predicted molar refractivity (Wildman–Crippen MR) is 84.0 cm³/mol. The maximum atomic E-state index is 10.2. The molecule has 0 fully saturated rings. The fourth-order valence-electron chi connectivity index (χ4n) is 2.28. The van der Waals surface area contributed by atoms with Crippen LogP contribution < -0.4 is 10.1 Å². The lowest BCUT2D eigenvalue weighted by atomic mass is 9.99. The maximum Gasteiger partial charge on any atom is 0.124 e. The van der Waals surface area contributed by atoms with Crippen molar-refractivity contribution >= 4 is 27.7 Å². The third-order valence-corrected chi connectivity index (χ3v) is 4.60. The summed E-state index contributed by atoms with van der Waals surface area (Å²) in [6.45, 7) is 3.18. The van der Waals surface area contributed by atoms with Gasteiger partial charge in [0.1, 0.15) is 5.75 Å². The van der Waals surface area contributed by atoms with Crippen LogP contribution in [0.15, 0.2) is 22.7 Å². The van der Waals surface area contributed by atoms with E-state index in [1.807, 2.05) is 25.3 Å². The minimum atomic E-state index is -0.677. The second kappa shape index (κ2) is 6.48. The molecule has 0 amide bonds. The van der Waals surface area contributed by atoms with Gasteiger partial charge in [-0.3, -0.25) is 0 Å². The fourth-order valence-corrected chi connectivity index (χ4v) is 3.39. The van der Waals surface area contributed by atoms with Gasteiger partial charge in [-0.15, -0.1) is 0 Å². The Balaban J connectivity index is 2.05. The van der Waals surface area contributed by atoms with Crippen molar-refractivity contribution in [2.45, 2.75) is 25.0 Å². The molecule has 106 valence electrons. The number of thioether (sulfide) groups is 1.